The minimum atomic E-state index is 0.436. The minimum absolute atomic E-state index is 0.436. The largest absolute Gasteiger partial charge is 0.371 e. The molecular weight excluding hydrogens is 358 g/mol. The van der Waals surface area contributed by atoms with Crippen LogP contribution in [0.15, 0.2) is 60.9 Å². The maximum atomic E-state index is 4.56. The van der Waals surface area contributed by atoms with E-state index in [2.05, 4.69) is 68.5 Å². The zero-order chi connectivity index (χ0) is 20.1. The zero-order valence-corrected chi connectivity index (χ0v) is 17.3. The van der Waals surface area contributed by atoms with Gasteiger partial charge in [0.1, 0.15) is 5.82 Å². The summed E-state index contributed by atoms with van der Waals surface area (Å²) >= 11 is 0. The molecule has 0 saturated carbocycles. The summed E-state index contributed by atoms with van der Waals surface area (Å²) in [6, 6.07) is 17.8. The Balaban J connectivity index is 1.33. The van der Waals surface area contributed by atoms with Gasteiger partial charge >= 0.3 is 0 Å². The molecule has 150 valence electrons. The highest BCUT2D eigenvalue weighted by Crippen LogP contribution is 2.26. The molecule has 0 amide bonds. The number of rotatable bonds is 6. The standard InChI is InChI=1S/C24H29N5/c1-18(16-22-7-3-4-12-26-22)27-21-10-14-29(15-11-21)23-8-5-6-20(17-23)24-9-13-25-19(2)28-24/h3-9,12-13,17-18,21,27H,10-11,14-16H2,1-2H3/t18-/m0/s1. The van der Waals surface area contributed by atoms with E-state index in [-0.39, 0.29) is 0 Å². The number of aryl methyl sites for hydroxylation is 1. The Labute approximate surface area is 173 Å². The molecule has 3 heterocycles. The van der Waals surface area contributed by atoms with E-state index >= 15 is 0 Å². The molecule has 5 nitrogen and oxygen atoms in total. The van der Waals surface area contributed by atoms with E-state index < -0.39 is 0 Å². The van der Waals surface area contributed by atoms with Crippen molar-refractivity contribution in [1.29, 1.82) is 0 Å². The molecule has 1 saturated heterocycles. The van der Waals surface area contributed by atoms with E-state index in [1.807, 2.05) is 31.5 Å². The summed E-state index contributed by atoms with van der Waals surface area (Å²) < 4.78 is 0. The fraction of sp³-hybridized carbons (Fsp3) is 0.375. The zero-order valence-electron chi connectivity index (χ0n) is 17.3. The number of hydrogen-bond acceptors (Lipinski definition) is 5. The number of pyridine rings is 1. The van der Waals surface area contributed by atoms with Crippen LogP contribution in [0.25, 0.3) is 11.3 Å². The SMILES string of the molecule is Cc1nccc(-c2cccc(N3CCC(N[C@@H](C)Cc4ccccn4)CC3)c2)n1. The monoisotopic (exact) mass is 387 g/mol. The van der Waals surface area contributed by atoms with E-state index in [0.29, 0.717) is 12.1 Å². The molecule has 0 spiro atoms. The first-order chi connectivity index (χ1) is 14.2. The number of benzene rings is 1. The fourth-order valence-electron chi connectivity index (χ4n) is 4.08. The van der Waals surface area contributed by atoms with Crippen LogP contribution < -0.4 is 10.2 Å². The second kappa shape index (κ2) is 9.14. The van der Waals surface area contributed by atoms with Crippen molar-refractivity contribution in [2.75, 3.05) is 18.0 Å². The van der Waals surface area contributed by atoms with Gasteiger partial charge in [-0.2, -0.15) is 0 Å². The van der Waals surface area contributed by atoms with Gasteiger partial charge in [0.15, 0.2) is 0 Å². The molecule has 1 atom stereocenters. The molecule has 0 bridgehead atoms. The van der Waals surface area contributed by atoms with Gasteiger partial charge in [0.25, 0.3) is 0 Å². The van der Waals surface area contributed by atoms with Crippen LogP contribution in [0, 0.1) is 6.92 Å². The lowest BCUT2D eigenvalue weighted by Crippen LogP contribution is -2.46. The molecule has 3 aromatic rings. The predicted octanol–water partition coefficient (Wildman–Crippen LogP) is 4.04. The van der Waals surface area contributed by atoms with Gasteiger partial charge in [-0.25, -0.2) is 9.97 Å². The Hall–Kier alpha value is -2.79. The van der Waals surface area contributed by atoms with Gasteiger partial charge < -0.3 is 10.2 Å². The maximum absolute atomic E-state index is 4.56. The van der Waals surface area contributed by atoms with Crippen LogP contribution in [0.5, 0.6) is 0 Å². The Morgan fingerprint density at radius 3 is 2.66 bits per heavy atom. The Morgan fingerprint density at radius 1 is 1.03 bits per heavy atom. The van der Waals surface area contributed by atoms with Crippen LogP contribution in [0.2, 0.25) is 0 Å². The average Bonchev–Trinajstić information content (AvgIpc) is 2.75. The van der Waals surface area contributed by atoms with Crippen molar-refractivity contribution in [3.63, 3.8) is 0 Å². The molecule has 0 radical (unpaired) electrons. The predicted molar refractivity (Wildman–Crippen MR) is 118 cm³/mol. The summed E-state index contributed by atoms with van der Waals surface area (Å²) in [5.74, 6) is 0.805. The van der Waals surface area contributed by atoms with Gasteiger partial charge in [-0.1, -0.05) is 18.2 Å². The molecule has 5 heteroatoms. The third-order valence-electron chi connectivity index (χ3n) is 5.54. The highest BCUT2D eigenvalue weighted by atomic mass is 15.1. The minimum Gasteiger partial charge on any atom is -0.371 e. The number of piperidine rings is 1. The number of nitrogens with one attached hydrogen (secondary N) is 1. The highest BCUT2D eigenvalue weighted by molar-refractivity contribution is 5.65. The summed E-state index contributed by atoms with van der Waals surface area (Å²) in [6.45, 7) is 6.33. The van der Waals surface area contributed by atoms with Crippen molar-refractivity contribution >= 4 is 5.69 Å². The van der Waals surface area contributed by atoms with E-state index in [1.54, 1.807) is 0 Å². The van der Waals surface area contributed by atoms with E-state index in [4.69, 9.17) is 0 Å². The summed E-state index contributed by atoms with van der Waals surface area (Å²) in [4.78, 5) is 15.7. The maximum Gasteiger partial charge on any atom is 0.125 e. The Kier molecular flexibility index (Phi) is 6.15. The van der Waals surface area contributed by atoms with Crippen molar-refractivity contribution in [2.45, 2.75) is 45.2 Å². The van der Waals surface area contributed by atoms with Crippen molar-refractivity contribution in [3.8, 4) is 11.3 Å². The quantitative estimate of drug-likeness (QED) is 0.692. The topological polar surface area (TPSA) is 53.9 Å². The van der Waals surface area contributed by atoms with Crippen LogP contribution in [0.1, 0.15) is 31.3 Å². The molecule has 1 aromatic carbocycles. The van der Waals surface area contributed by atoms with Crippen molar-refractivity contribution in [1.82, 2.24) is 20.3 Å². The average molecular weight is 388 g/mol. The van der Waals surface area contributed by atoms with Crippen molar-refractivity contribution in [2.24, 2.45) is 0 Å². The molecule has 29 heavy (non-hydrogen) atoms. The number of anilines is 1. The number of nitrogens with zero attached hydrogens (tertiary/aromatic N) is 4. The molecule has 2 aromatic heterocycles. The van der Waals surface area contributed by atoms with Crippen molar-refractivity contribution in [3.05, 3.63) is 72.4 Å². The first-order valence-electron chi connectivity index (χ1n) is 10.5. The van der Waals surface area contributed by atoms with E-state index in [9.17, 15) is 0 Å². The lowest BCUT2D eigenvalue weighted by molar-refractivity contribution is 0.374. The third-order valence-corrected chi connectivity index (χ3v) is 5.54. The molecule has 0 unspecified atom stereocenters. The van der Waals surface area contributed by atoms with E-state index in [0.717, 1.165) is 55.1 Å². The summed E-state index contributed by atoms with van der Waals surface area (Å²) in [5, 5.41) is 3.80. The second-order valence-corrected chi connectivity index (χ2v) is 7.89. The first kappa shape index (κ1) is 19.5. The van der Waals surface area contributed by atoms with Crippen LogP contribution in [-0.4, -0.2) is 40.1 Å². The van der Waals surface area contributed by atoms with Gasteiger partial charge in [0.05, 0.1) is 5.69 Å². The molecule has 1 aliphatic heterocycles. The fourth-order valence-corrected chi connectivity index (χ4v) is 4.08. The molecule has 1 fully saturated rings. The van der Waals surface area contributed by atoms with E-state index in [1.165, 1.54) is 5.69 Å². The number of hydrogen-bond donors (Lipinski definition) is 1. The molecule has 1 N–H and O–H groups in total. The van der Waals surface area contributed by atoms with Crippen molar-refractivity contribution < 1.29 is 0 Å². The van der Waals surface area contributed by atoms with Gasteiger partial charge in [0, 0.05) is 60.9 Å². The van der Waals surface area contributed by atoms with Crippen LogP contribution in [0.3, 0.4) is 0 Å². The summed E-state index contributed by atoms with van der Waals surface area (Å²) in [6.07, 6.45) is 6.99. The summed E-state index contributed by atoms with van der Waals surface area (Å²) in [5.41, 5.74) is 4.57. The van der Waals surface area contributed by atoms with Gasteiger partial charge in [0.2, 0.25) is 0 Å². The second-order valence-electron chi connectivity index (χ2n) is 7.89. The molecule has 4 rings (SSSR count). The Bertz CT molecular complexity index is 919. The van der Waals surface area contributed by atoms with Crippen LogP contribution >= 0.6 is 0 Å². The summed E-state index contributed by atoms with van der Waals surface area (Å²) in [7, 11) is 0. The molecule has 1 aliphatic rings. The molecular formula is C24H29N5. The van der Waals surface area contributed by atoms with Gasteiger partial charge in [-0.05, 0) is 57.0 Å². The van der Waals surface area contributed by atoms with Crippen LogP contribution in [0.4, 0.5) is 5.69 Å². The molecule has 0 aliphatic carbocycles. The number of aromatic nitrogens is 3. The van der Waals surface area contributed by atoms with Gasteiger partial charge in [-0.15, -0.1) is 0 Å². The highest BCUT2D eigenvalue weighted by Gasteiger charge is 2.21. The van der Waals surface area contributed by atoms with Crippen LogP contribution in [-0.2, 0) is 6.42 Å². The first-order valence-corrected chi connectivity index (χ1v) is 10.5. The lowest BCUT2D eigenvalue weighted by atomic mass is 10.0. The lowest BCUT2D eigenvalue weighted by Gasteiger charge is -2.35. The normalized spacial score (nSPS) is 16.0. The Morgan fingerprint density at radius 2 is 1.90 bits per heavy atom. The smallest absolute Gasteiger partial charge is 0.125 e. The van der Waals surface area contributed by atoms with Gasteiger partial charge in [-0.3, -0.25) is 4.98 Å². The third kappa shape index (κ3) is 5.18.